The van der Waals surface area contributed by atoms with Gasteiger partial charge in [0.15, 0.2) is 0 Å². The van der Waals surface area contributed by atoms with Crippen molar-refractivity contribution in [2.75, 3.05) is 5.73 Å². The van der Waals surface area contributed by atoms with Crippen LogP contribution in [0, 0.1) is 28.9 Å². The minimum absolute atomic E-state index is 0.113. The lowest BCUT2D eigenvalue weighted by Gasteiger charge is -2.01. The number of hydrogen-bond acceptors (Lipinski definition) is 5. The summed E-state index contributed by atoms with van der Waals surface area (Å²) < 4.78 is 0. The lowest BCUT2D eigenvalue weighted by Crippen LogP contribution is -2.08. The standard InChI is InChI=1S/C10H10N4O3/c1-6-7(3-2-4-8(11)15)5-13-10(12)9(6)14(16)17/h5H,4H2,1H3,(H2,11,15)(H2,12,13). The molecule has 0 unspecified atom stereocenters. The van der Waals surface area contributed by atoms with Crippen molar-refractivity contribution in [3.05, 3.63) is 27.4 Å². The summed E-state index contributed by atoms with van der Waals surface area (Å²) in [5.74, 6) is 4.37. The fraction of sp³-hybridized carbons (Fsp3) is 0.200. The fourth-order valence-electron chi connectivity index (χ4n) is 1.19. The molecule has 0 aromatic carbocycles. The topological polar surface area (TPSA) is 125 Å². The summed E-state index contributed by atoms with van der Waals surface area (Å²) in [5, 5.41) is 10.7. The Hall–Kier alpha value is -2.62. The van der Waals surface area contributed by atoms with Gasteiger partial charge >= 0.3 is 5.69 Å². The van der Waals surface area contributed by atoms with Crippen molar-refractivity contribution in [2.24, 2.45) is 5.73 Å². The maximum absolute atomic E-state index is 10.7. The van der Waals surface area contributed by atoms with Crippen molar-refractivity contribution in [2.45, 2.75) is 13.3 Å². The smallest absolute Gasteiger partial charge is 0.315 e. The molecule has 1 amide bonds. The number of aromatic nitrogens is 1. The molecule has 0 aliphatic rings. The number of hydrogen-bond donors (Lipinski definition) is 2. The van der Waals surface area contributed by atoms with Crippen molar-refractivity contribution in [1.29, 1.82) is 0 Å². The van der Waals surface area contributed by atoms with Gasteiger partial charge in [-0.25, -0.2) is 4.98 Å². The van der Waals surface area contributed by atoms with Crippen LogP contribution in [0.5, 0.6) is 0 Å². The Labute approximate surface area is 97.0 Å². The highest BCUT2D eigenvalue weighted by atomic mass is 16.6. The zero-order valence-electron chi connectivity index (χ0n) is 9.06. The first-order valence-electron chi connectivity index (χ1n) is 4.60. The highest BCUT2D eigenvalue weighted by molar-refractivity contribution is 5.76. The summed E-state index contributed by atoms with van der Waals surface area (Å²) in [6, 6.07) is 0. The zero-order chi connectivity index (χ0) is 13.0. The largest absolute Gasteiger partial charge is 0.378 e. The van der Waals surface area contributed by atoms with Crippen molar-refractivity contribution in [3.63, 3.8) is 0 Å². The van der Waals surface area contributed by atoms with Crippen LogP contribution >= 0.6 is 0 Å². The van der Waals surface area contributed by atoms with Gasteiger partial charge in [0.05, 0.1) is 16.9 Å². The molecule has 1 heterocycles. The lowest BCUT2D eigenvalue weighted by molar-refractivity contribution is -0.384. The van der Waals surface area contributed by atoms with E-state index in [1.807, 2.05) is 0 Å². The molecule has 7 heteroatoms. The fourth-order valence-corrected chi connectivity index (χ4v) is 1.19. The summed E-state index contributed by atoms with van der Waals surface area (Å²) in [6.45, 7) is 1.52. The SMILES string of the molecule is Cc1c(C#CCC(N)=O)cnc(N)c1[N+](=O)[O-]. The van der Waals surface area contributed by atoms with Crippen molar-refractivity contribution in [1.82, 2.24) is 4.98 Å². The number of carbonyl (C=O) groups excluding carboxylic acids is 1. The second kappa shape index (κ2) is 4.94. The van der Waals surface area contributed by atoms with E-state index in [1.54, 1.807) is 0 Å². The Morgan fingerprint density at radius 2 is 2.29 bits per heavy atom. The molecule has 0 aliphatic heterocycles. The molecule has 7 nitrogen and oxygen atoms in total. The van der Waals surface area contributed by atoms with Crippen molar-refractivity contribution >= 4 is 17.4 Å². The molecule has 17 heavy (non-hydrogen) atoms. The number of nitrogen functional groups attached to an aromatic ring is 1. The first-order valence-corrected chi connectivity index (χ1v) is 4.60. The highest BCUT2D eigenvalue weighted by Gasteiger charge is 2.18. The van der Waals surface area contributed by atoms with Crippen LogP contribution in [0.3, 0.4) is 0 Å². The van der Waals surface area contributed by atoms with E-state index in [0.717, 1.165) is 0 Å². The molecule has 0 spiro atoms. The molecule has 88 valence electrons. The van der Waals surface area contributed by atoms with Crippen LogP contribution in [0.1, 0.15) is 17.5 Å². The van der Waals surface area contributed by atoms with Gasteiger partial charge in [-0.15, -0.1) is 0 Å². The average Bonchev–Trinajstić information content (AvgIpc) is 2.20. The number of nitrogens with zero attached hydrogens (tertiary/aromatic N) is 2. The predicted octanol–water partition coefficient (Wildman–Crippen LogP) is 0.107. The minimum Gasteiger partial charge on any atom is -0.378 e. The van der Waals surface area contributed by atoms with E-state index in [9.17, 15) is 14.9 Å². The van der Waals surface area contributed by atoms with Crippen molar-refractivity contribution in [3.8, 4) is 11.8 Å². The van der Waals surface area contributed by atoms with Gasteiger partial charge in [0.25, 0.3) is 0 Å². The van der Waals surface area contributed by atoms with Gasteiger partial charge in [-0.1, -0.05) is 11.8 Å². The Morgan fingerprint density at radius 3 is 2.82 bits per heavy atom. The number of primary amides is 1. The Bertz CT molecular complexity index is 542. The van der Waals surface area contributed by atoms with Gasteiger partial charge in [0.2, 0.25) is 11.7 Å². The van der Waals surface area contributed by atoms with E-state index in [1.165, 1.54) is 13.1 Å². The van der Waals surface area contributed by atoms with E-state index < -0.39 is 10.8 Å². The maximum Gasteiger partial charge on any atom is 0.315 e. The van der Waals surface area contributed by atoms with E-state index >= 15 is 0 Å². The van der Waals surface area contributed by atoms with Crippen LogP contribution in [-0.2, 0) is 4.79 Å². The molecule has 4 N–H and O–H groups in total. The first-order chi connectivity index (χ1) is 7.93. The molecular weight excluding hydrogens is 224 g/mol. The summed E-state index contributed by atoms with van der Waals surface area (Å²) in [7, 11) is 0. The van der Waals surface area contributed by atoms with Crippen LogP contribution in [0.25, 0.3) is 0 Å². The molecule has 1 rings (SSSR count). The third kappa shape index (κ3) is 2.92. The molecule has 1 aromatic rings. The molecule has 1 aromatic heterocycles. The van der Waals surface area contributed by atoms with E-state index in [-0.39, 0.29) is 17.9 Å². The summed E-state index contributed by atoms with van der Waals surface area (Å²) in [6.07, 6.45) is 1.21. The van der Waals surface area contributed by atoms with Crippen molar-refractivity contribution < 1.29 is 9.72 Å². The highest BCUT2D eigenvalue weighted by Crippen LogP contribution is 2.25. The number of nitro groups is 1. The van der Waals surface area contributed by atoms with Crippen LogP contribution in [0.15, 0.2) is 6.20 Å². The lowest BCUT2D eigenvalue weighted by atomic mass is 10.1. The van der Waals surface area contributed by atoms with Crippen LogP contribution < -0.4 is 11.5 Å². The van der Waals surface area contributed by atoms with E-state index in [4.69, 9.17) is 11.5 Å². The number of anilines is 1. The summed E-state index contributed by atoms with van der Waals surface area (Å²) in [4.78, 5) is 24.3. The number of pyridine rings is 1. The van der Waals surface area contributed by atoms with Crippen LogP contribution in [-0.4, -0.2) is 15.8 Å². The van der Waals surface area contributed by atoms with Gasteiger partial charge in [-0.3, -0.25) is 14.9 Å². The second-order valence-electron chi connectivity index (χ2n) is 3.23. The third-order valence-corrected chi connectivity index (χ3v) is 2.00. The Morgan fingerprint density at radius 1 is 1.65 bits per heavy atom. The third-order valence-electron chi connectivity index (χ3n) is 2.00. The number of carbonyl (C=O) groups is 1. The zero-order valence-corrected chi connectivity index (χ0v) is 9.06. The normalized spacial score (nSPS) is 9.24. The predicted molar refractivity (Wildman–Crippen MR) is 60.7 cm³/mol. The molecule has 0 saturated heterocycles. The molecule has 0 atom stereocenters. The van der Waals surface area contributed by atoms with E-state index in [0.29, 0.717) is 11.1 Å². The molecule has 0 radical (unpaired) electrons. The average molecular weight is 234 g/mol. The molecule has 0 aliphatic carbocycles. The summed E-state index contributed by atoms with van der Waals surface area (Å²) in [5.41, 5.74) is 10.7. The van der Waals surface area contributed by atoms with Gasteiger partial charge in [0, 0.05) is 11.8 Å². The Kier molecular flexibility index (Phi) is 3.62. The quantitative estimate of drug-likeness (QED) is 0.426. The molecule has 0 bridgehead atoms. The van der Waals surface area contributed by atoms with Crippen LogP contribution in [0.4, 0.5) is 11.5 Å². The number of amides is 1. The maximum atomic E-state index is 10.7. The molecule has 0 saturated carbocycles. The monoisotopic (exact) mass is 234 g/mol. The first kappa shape index (κ1) is 12.4. The molecule has 0 fully saturated rings. The van der Waals surface area contributed by atoms with Gasteiger partial charge in [-0.05, 0) is 6.92 Å². The summed E-state index contributed by atoms with van der Waals surface area (Å²) >= 11 is 0. The molecular formula is C10H10N4O3. The Balaban J connectivity index is 3.18. The van der Waals surface area contributed by atoms with Gasteiger partial charge in [-0.2, -0.15) is 0 Å². The van der Waals surface area contributed by atoms with E-state index in [2.05, 4.69) is 16.8 Å². The number of rotatable bonds is 2. The minimum atomic E-state index is -0.614. The van der Waals surface area contributed by atoms with Crippen LogP contribution in [0.2, 0.25) is 0 Å². The van der Waals surface area contributed by atoms with Gasteiger partial charge in [0.1, 0.15) is 0 Å². The second-order valence-corrected chi connectivity index (χ2v) is 3.23. The van der Waals surface area contributed by atoms with Gasteiger partial charge < -0.3 is 11.5 Å². The number of nitrogens with two attached hydrogens (primary N) is 2.